The summed E-state index contributed by atoms with van der Waals surface area (Å²) in [6.07, 6.45) is 3.16. The van der Waals surface area contributed by atoms with Gasteiger partial charge >= 0.3 is 0 Å². The lowest BCUT2D eigenvalue weighted by Crippen LogP contribution is -2.30. The summed E-state index contributed by atoms with van der Waals surface area (Å²) in [5.41, 5.74) is 4.86. The number of rotatable bonds is 6. The van der Waals surface area contributed by atoms with Crippen molar-refractivity contribution in [1.29, 1.82) is 0 Å². The number of nitrogens with zero attached hydrogens (tertiary/aromatic N) is 3. The number of carbonyl (C=O) groups excluding carboxylic acids is 1. The van der Waals surface area contributed by atoms with Crippen molar-refractivity contribution in [2.45, 2.75) is 39.0 Å². The number of hydrogen-bond acceptors (Lipinski definition) is 6. The van der Waals surface area contributed by atoms with Crippen molar-refractivity contribution in [2.75, 3.05) is 23.3 Å². The molecule has 1 saturated heterocycles. The summed E-state index contributed by atoms with van der Waals surface area (Å²) in [4.78, 5) is 30.8. The lowest BCUT2D eigenvalue weighted by atomic mass is 10.0. The summed E-state index contributed by atoms with van der Waals surface area (Å²) in [6.45, 7) is 5.85. The SMILES string of the molecule is CC(C)c1ccc2oc(-c3ccc(NC(=O)c4ccc(N5CCCCC5)c([N+](=O)[O-])c4)cc3)nc2c1. The second-order valence-electron chi connectivity index (χ2n) is 9.44. The smallest absolute Gasteiger partial charge is 0.293 e. The van der Waals surface area contributed by atoms with E-state index in [0.717, 1.165) is 49.0 Å². The van der Waals surface area contributed by atoms with Crippen molar-refractivity contribution >= 4 is 34.1 Å². The normalized spacial score (nSPS) is 13.8. The molecule has 8 heteroatoms. The molecule has 1 aromatic heterocycles. The van der Waals surface area contributed by atoms with Crippen molar-refractivity contribution in [3.63, 3.8) is 0 Å². The highest BCUT2D eigenvalue weighted by Gasteiger charge is 2.23. The largest absolute Gasteiger partial charge is 0.436 e. The number of nitro benzene ring substituents is 1. The average Bonchev–Trinajstić information content (AvgIpc) is 3.32. The number of piperidine rings is 1. The third kappa shape index (κ3) is 4.79. The molecule has 8 nitrogen and oxygen atoms in total. The van der Waals surface area contributed by atoms with Gasteiger partial charge in [-0.25, -0.2) is 4.98 Å². The highest BCUT2D eigenvalue weighted by molar-refractivity contribution is 6.05. The van der Waals surface area contributed by atoms with E-state index in [-0.39, 0.29) is 11.3 Å². The van der Waals surface area contributed by atoms with E-state index in [2.05, 4.69) is 24.1 Å². The van der Waals surface area contributed by atoms with Crippen LogP contribution >= 0.6 is 0 Å². The Morgan fingerprint density at radius 1 is 1.03 bits per heavy atom. The zero-order valence-electron chi connectivity index (χ0n) is 20.4. The van der Waals surface area contributed by atoms with Crippen molar-refractivity contribution < 1.29 is 14.1 Å². The Kier molecular flexibility index (Phi) is 6.41. The Morgan fingerprint density at radius 3 is 2.47 bits per heavy atom. The van der Waals surface area contributed by atoms with Crippen LogP contribution < -0.4 is 10.2 Å². The van der Waals surface area contributed by atoms with E-state index in [1.54, 1.807) is 24.3 Å². The minimum Gasteiger partial charge on any atom is -0.436 e. The number of carbonyl (C=O) groups is 1. The first-order chi connectivity index (χ1) is 17.4. The van der Waals surface area contributed by atoms with Gasteiger partial charge < -0.3 is 14.6 Å². The molecule has 0 atom stereocenters. The van der Waals surface area contributed by atoms with E-state index in [4.69, 9.17) is 4.42 Å². The van der Waals surface area contributed by atoms with Gasteiger partial charge in [-0.2, -0.15) is 0 Å². The standard InChI is InChI=1S/C28H28N4O4/c1-18(2)20-9-13-26-23(16-20)30-28(36-26)19-6-10-22(11-7-19)29-27(33)21-8-12-24(25(17-21)32(34)35)31-14-4-3-5-15-31/h6-13,16-18H,3-5,14-15H2,1-2H3,(H,29,33). The number of benzene rings is 3. The van der Waals surface area contributed by atoms with Crippen LogP contribution in [0.4, 0.5) is 17.1 Å². The van der Waals surface area contributed by atoms with Crippen LogP contribution in [0.2, 0.25) is 0 Å². The summed E-state index contributed by atoms with van der Waals surface area (Å²) >= 11 is 0. The summed E-state index contributed by atoms with van der Waals surface area (Å²) in [5.74, 6) is 0.506. The minimum absolute atomic E-state index is 0.0449. The maximum absolute atomic E-state index is 12.9. The van der Waals surface area contributed by atoms with Gasteiger partial charge in [0, 0.05) is 36.0 Å². The molecular weight excluding hydrogens is 456 g/mol. The molecule has 2 heterocycles. The van der Waals surface area contributed by atoms with Crippen LogP contribution in [-0.2, 0) is 0 Å². The van der Waals surface area contributed by atoms with Crippen LogP contribution in [0.1, 0.15) is 54.9 Å². The number of nitro groups is 1. The van der Waals surface area contributed by atoms with Gasteiger partial charge in [0.15, 0.2) is 5.58 Å². The number of amides is 1. The van der Waals surface area contributed by atoms with Crippen LogP contribution in [0.25, 0.3) is 22.6 Å². The summed E-state index contributed by atoms with van der Waals surface area (Å²) in [5, 5.41) is 14.5. The van der Waals surface area contributed by atoms with Crippen molar-refractivity contribution in [3.8, 4) is 11.5 Å². The lowest BCUT2D eigenvalue weighted by Gasteiger charge is -2.28. The molecule has 1 aliphatic heterocycles. The number of anilines is 2. The second-order valence-corrected chi connectivity index (χ2v) is 9.44. The maximum atomic E-state index is 12.9. The topological polar surface area (TPSA) is 102 Å². The summed E-state index contributed by atoms with van der Waals surface area (Å²) in [6, 6.07) is 17.9. The molecule has 1 amide bonds. The predicted octanol–water partition coefficient (Wildman–Crippen LogP) is 6.77. The number of hydrogen-bond donors (Lipinski definition) is 1. The van der Waals surface area contributed by atoms with Crippen LogP contribution in [0, 0.1) is 10.1 Å². The van der Waals surface area contributed by atoms with E-state index in [1.807, 2.05) is 35.2 Å². The molecule has 184 valence electrons. The fourth-order valence-electron chi connectivity index (χ4n) is 4.54. The summed E-state index contributed by atoms with van der Waals surface area (Å²) in [7, 11) is 0. The van der Waals surface area contributed by atoms with E-state index in [9.17, 15) is 14.9 Å². The molecule has 0 spiro atoms. The van der Waals surface area contributed by atoms with Crippen LogP contribution in [0.5, 0.6) is 0 Å². The quantitative estimate of drug-likeness (QED) is 0.239. The van der Waals surface area contributed by atoms with Gasteiger partial charge in [0.25, 0.3) is 11.6 Å². The van der Waals surface area contributed by atoms with Gasteiger partial charge in [0.05, 0.1) is 4.92 Å². The number of fused-ring (bicyclic) bond motifs is 1. The first-order valence-corrected chi connectivity index (χ1v) is 12.2. The molecular formula is C28H28N4O4. The van der Waals surface area contributed by atoms with Gasteiger partial charge in [0.2, 0.25) is 5.89 Å². The van der Waals surface area contributed by atoms with Crippen LogP contribution in [0.3, 0.4) is 0 Å². The predicted molar refractivity (Wildman–Crippen MR) is 141 cm³/mol. The van der Waals surface area contributed by atoms with E-state index >= 15 is 0 Å². The lowest BCUT2D eigenvalue weighted by molar-refractivity contribution is -0.384. The molecule has 0 aliphatic carbocycles. The monoisotopic (exact) mass is 484 g/mol. The fraction of sp³-hybridized carbons (Fsp3) is 0.286. The third-order valence-electron chi connectivity index (χ3n) is 6.60. The van der Waals surface area contributed by atoms with Crippen LogP contribution in [0.15, 0.2) is 65.1 Å². The van der Waals surface area contributed by atoms with E-state index in [0.29, 0.717) is 23.2 Å². The number of oxazole rings is 1. The van der Waals surface area contributed by atoms with Gasteiger partial charge in [-0.1, -0.05) is 19.9 Å². The molecule has 1 fully saturated rings. The zero-order valence-corrected chi connectivity index (χ0v) is 20.4. The van der Waals surface area contributed by atoms with Crippen molar-refractivity contribution in [1.82, 2.24) is 4.98 Å². The number of aromatic nitrogens is 1. The second kappa shape index (κ2) is 9.81. The number of nitrogens with one attached hydrogen (secondary N) is 1. The first kappa shape index (κ1) is 23.5. The molecule has 0 unspecified atom stereocenters. The third-order valence-corrected chi connectivity index (χ3v) is 6.60. The van der Waals surface area contributed by atoms with Crippen molar-refractivity contribution in [2.24, 2.45) is 0 Å². The molecule has 0 bridgehead atoms. The minimum atomic E-state index is -0.417. The van der Waals surface area contributed by atoms with E-state index in [1.165, 1.54) is 11.6 Å². The average molecular weight is 485 g/mol. The molecule has 0 radical (unpaired) electrons. The van der Waals surface area contributed by atoms with Gasteiger partial charge in [0.1, 0.15) is 11.2 Å². The Morgan fingerprint density at radius 2 is 1.78 bits per heavy atom. The highest BCUT2D eigenvalue weighted by atomic mass is 16.6. The van der Waals surface area contributed by atoms with Crippen molar-refractivity contribution in [3.05, 3.63) is 81.9 Å². The molecule has 5 rings (SSSR count). The van der Waals surface area contributed by atoms with Gasteiger partial charge in [-0.15, -0.1) is 0 Å². The Hall–Kier alpha value is -4.20. The van der Waals surface area contributed by atoms with E-state index < -0.39 is 10.8 Å². The molecule has 1 N–H and O–H groups in total. The highest BCUT2D eigenvalue weighted by Crippen LogP contribution is 2.32. The van der Waals surface area contributed by atoms with Crippen LogP contribution in [-0.4, -0.2) is 28.9 Å². The van der Waals surface area contributed by atoms with Gasteiger partial charge in [-0.05, 0) is 79.3 Å². The zero-order chi connectivity index (χ0) is 25.2. The van der Waals surface area contributed by atoms with Gasteiger partial charge in [-0.3, -0.25) is 14.9 Å². The fourth-order valence-corrected chi connectivity index (χ4v) is 4.54. The Balaban J connectivity index is 1.32. The first-order valence-electron chi connectivity index (χ1n) is 12.2. The molecule has 0 saturated carbocycles. The maximum Gasteiger partial charge on any atom is 0.293 e. The molecule has 4 aromatic rings. The Labute approximate surface area is 209 Å². The molecule has 36 heavy (non-hydrogen) atoms. The summed E-state index contributed by atoms with van der Waals surface area (Å²) < 4.78 is 5.91. The Bertz CT molecular complexity index is 1420. The molecule has 3 aromatic carbocycles. The molecule has 1 aliphatic rings.